The minimum absolute atomic E-state index is 0.00127. The number of hydrogen-bond acceptors (Lipinski definition) is 3. The van der Waals surface area contributed by atoms with Gasteiger partial charge in [-0.3, -0.25) is 14.4 Å². The van der Waals surface area contributed by atoms with Gasteiger partial charge < -0.3 is 15.3 Å². The van der Waals surface area contributed by atoms with E-state index in [-0.39, 0.29) is 24.8 Å². The first-order valence-corrected chi connectivity index (χ1v) is 7.44. The lowest BCUT2D eigenvalue weighted by atomic mass is 9.82. The molecule has 2 amide bonds. The SMILES string of the molecule is CCN(CC)C(=O)CCNC(=O)C1CC=CCC1C(=O)O. The lowest BCUT2D eigenvalue weighted by molar-refractivity contribution is -0.147. The summed E-state index contributed by atoms with van der Waals surface area (Å²) in [6.45, 7) is 5.37. The fourth-order valence-corrected chi connectivity index (χ4v) is 2.54. The van der Waals surface area contributed by atoms with E-state index in [1.807, 2.05) is 19.9 Å². The molecule has 2 atom stereocenters. The van der Waals surface area contributed by atoms with E-state index in [2.05, 4.69) is 5.32 Å². The van der Waals surface area contributed by atoms with Crippen LogP contribution in [0.15, 0.2) is 12.2 Å². The second-order valence-electron chi connectivity index (χ2n) is 5.10. The normalized spacial score (nSPS) is 20.9. The van der Waals surface area contributed by atoms with E-state index in [4.69, 9.17) is 5.11 Å². The van der Waals surface area contributed by atoms with Gasteiger partial charge in [0.05, 0.1) is 11.8 Å². The average Bonchev–Trinajstić information content (AvgIpc) is 2.48. The first-order valence-electron chi connectivity index (χ1n) is 7.44. The van der Waals surface area contributed by atoms with E-state index in [0.717, 1.165) is 0 Å². The molecule has 1 aliphatic rings. The largest absolute Gasteiger partial charge is 0.481 e. The highest BCUT2D eigenvalue weighted by molar-refractivity contribution is 5.85. The average molecular weight is 296 g/mol. The van der Waals surface area contributed by atoms with E-state index in [9.17, 15) is 14.4 Å². The number of carbonyl (C=O) groups excluding carboxylic acids is 2. The Balaban J connectivity index is 2.44. The lowest BCUT2D eigenvalue weighted by Gasteiger charge is -2.24. The number of hydrogen-bond donors (Lipinski definition) is 2. The fourth-order valence-electron chi connectivity index (χ4n) is 2.54. The molecule has 1 aliphatic carbocycles. The molecule has 6 heteroatoms. The van der Waals surface area contributed by atoms with Gasteiger partial charge in [0.25, 0.3) is 0 Å². The van der Waals surface area contributed by atoms with Crippen LogP contribution in [0.5, 0.6) is 0 Å². The zero-order valence-electron chi connectivity index (χ0n) is 12.7. The smallest absolute Gasteiger partial charge is 0.307 e. The quantitative estimate of drug-likeness (QED) is 0.687. The number of nitrogens with one attached hydrogen (secondary N) is 1. The maximum atomic E-state index is 12.1. The van der Waals surface area contributed by atoms with Gasteiger partial charge in [-0.25, -0.2) is 0 Å². The molecule has 0 aliphatic heterocycles. The summed E-state index contributed by atoms with van der Waals surface area (Å²) in [5.74, 6) is -2.44. The Labute approximate surface area is 125 Å². The van der Waals surface area contributed by atoms with Crippen LogP contribution in [0.25, 0.3) is 0 Å². The maximum absolute atomic E-state index is 12.1. The van der Waals surface area contributed by atoms with Crippen molar-refractivity contribution >= 4 is 17.8 Å². The number of rotatable bonds is 7. The predicted molar refractivity (Wildman–Crippen MR) is 78.5 cm³/mol. The molecule has 0 saturated heterocycles. The second kappa shape index (κ2) is 8.44. The Morgan fingerprint density at radius 2 is 1.71 bits per heavy atom. The molecule has 2 unspecified atom stereocenters. The molecule has 1 rings (SSSR count). The number of nitrogens with zero attached hydrogens (tertiary/aromatic N) is 1. The Morgan fingerprint density at radius 1 is 1.14 bits per heavy atom. The maximum Gasteiger partial charge on any atom is 0.307 e. The molecule has 2 N–H and O–H groups in total. The number of amides is 2. The lowest BCUT2D eigenvalue weighted by Crippen LogP contribution is -2.40. The van der Waals surface area contributed by atoms with Crippen molar-refractivity contribution in [1.29, 1.82) is 0 Å². The van der Waals surface area contributed by atoms with Crippen LogP contribution in [0, 0.1) is 11.8 Å². The third kappa shape index (κ3) is 4.88. The van der Waals surface area contributed by atoms with Gasteiger partial charge in [-0.05, 0) is 26.7 Å². The van der Waals surface area contributed by atoms with Gasteiger partial charge in [-0.1, -0.05) is 12.2 Å². The fraction of sp³-hybridized carbons (Fsp3) is 0.667. The molecule has 0 bridgehead atoms. The van der Waals surface area contributed by atoms with Gasteiger partial charge in [-0.15, -0.1) is 0 Å². The first-order chi connectivity index (χ1) is 10.0. The van der Waals surface area contributed by atoms with Crippen molar-refractivity contribution in [2.45, 2.75) is 33.1 Å². The van der Waals surface area contributed by atoms with Crippen molar-refractivity contribution in [3.05, 3.63) is 12.2 Å². The molecule has 0 heterocycles. The van der Waals surface area contributed by atoms with Gasteiger partial charge in [0.2, 0.25) is 11.8 Å². The van der Waals surface area contributed by atoms with Crippen LogP contribution >= 0.6 is 0 Å². The Bertz CT molecular complexity index is 416. The van der Waals surface area contributed by atoms with Crippen molar-refractivity contribution in [2.24, 2.45) is 11.8 Å². The summed E-state index contributed by atoms with van der Waals surface area (Å²) in [5.41, 5.74) is 0. The first kappa shape index (κ1) is 17.2. The summed E-state index contributed by atoms with van der Waals surface area (Å²) in [4.78, 5) is 36.7. The van der Waals surface area contributed by atoms with Crippen LogP contribution in [0.4, 0.5) is 0 Å². The highest BCUT2D eigenvalue weighted by Gasteiger charge is 2.33. The monoisotopic (exact) mass is 296 g/mol. The Hall–Kier alpha value is -1.85. The molecule has 0 fully saturated rings. The van der Waals surface area contributed by atoms with Crippen LogP contribution in [-0.4, -0.2) is 47.4 Å². The third-order valence-corrected chi connectivity index (χ3v) is 3.84. The molecule has 118 valence electrons. The van der Waals surface area contributed by atoms with Gasteiger partial charge in [-0.2, -0.15) is 0 Å². The number of aliphatic carboxylic acids is 1. The summed E-state index contributed by atoms with van der Waals surface area (Å²) in [5, 5.41) is 11.8. The minimum Gasteiger partial charge on any atom is -0.481 e. The molecule has 0 aromatic carbocycles. The van der Waals surface area contributed by atoms with Crippen LogP contribution < -0.4 is 5.32 Å². The van der Waals surface area contributed by atoms with Crippen LogP contribution in [0.3, 0.4) is 0 Å². The number of carboxylic acid groups (broad SMARTS) is 1. The predicted octanol–water partition coefficient (Wildman–Crippen LogP) is 1.03. The molecule has 0 saturated carbocycles. The number of carbonyl (C=O) groups is 3. The van der Waals surface area contributed by atoms with Crippen LogP contribution in [0.1, 0.15) is 33.1 Å². The second-order valence-corrected chi connectivity index (χ2v) is 5.10. The molecule has 6 nitrogen and oxygen atoms in total. The third-order valence-electron chi connectivity index (χ3n) is 3.84. The zero-order chi connectivity index (χ0) is 15.8. The van der Waals surface area contributed by atoms with Gasteiger partial charge in [0, 0.05) is 26.1 Å². The van der Waals surface area contributed by atoms with E-state index in [1.165, 1.54) is 0 Å². The molecule has 0 aromatic rings. The van der Waals surface area contributed by atoms with E-state index in [0.29, 0.717) is 25.9 Å². The highest BCUT2D eigenvalue weighted by atomic mass is 16.4. The van der Waals surface area contributed by atoms with Crippen molar-refractivity contribution in [2.75, 3.05) is 19.6 Å². The topological polar surface area (TPSA) is 86.7 Å². The van der Waals surface area contributed by atoms with E-state index < -0.39 is 17.8 Å². The van der Waals surface area contributed by atoms with Crippen molar-refractivity contribution in [1.82, 2.24) is 10.2 Å². The van der Waals surface area contributed by atoms with Crippen LogP contribution in [0.2, 0.25) is 0 Å². The molecule has 0 spiro atoms. The van der Waals surface area contributed by atoms with E-state index in [1.54, 1.807) is 11.0 Å². The van der Waals surface area contributed by atoms with Gasteiger partial charge in [0.15, 0.2) is 0 Å². The summed E-state index contributed by atoms with van der Waals surface area (Å²) in [6, 6.07) is 0. The standard InChI is InChI=1S/C15H24N2O4/c1-3-17(4-2)13(18)9-10-16-14(19)11-7-5-6-8-12(11)15(20)21/h5-6,11-12H,3-4,7-10H2,1-2H3,(H,16,19)(H,20,21). The number of carboxylic acids is 1. The van der Waals surface area contributed by atoms with Gasteiger partial charge in [0.1, 0.15) is 0 Å². The molecular weight excluding hydrogens is 272 g/mol. The van der Waals surface area contributed by atoms with Crippen molar-refractivity contribution < 1.29 is 19.5 Å². The molecule has 21 heavy (non-hydrogen) atoms. The Kier molecular flexibility index (Phi) is 6.91. The number of allylic oxidation sites excluding steroid dienone is 2. The highest BCUT2D eigenvalue weighted by Crippen LogP contribution is 2.25. The van der Waals surface area contributed by atoms with Crippen LogP contribution in [-0.2, 0) is 14.4 Å². The van der Waals surface area contributed by atoms with E-state index >= 15 is 0 Å². The zero-order valence-corrected chi connectivity index (χ0v) is 12.7. The molecular formula is C15H24N2O4. The van der Waals surface area contributed by atoms with Crippen molar-refractivity contribution in [3.8, 4) is 0 Å². The summed E-state index contributed by atoms with van der Waals surface area (Å²) < 4.78 is 0. The molecule has 0 radical (unpaired) electrons. The molecule has 0 aromatic heterocycles. The summed E-state index contributed by atoms with van der Waals surface area (Å²) >= 11 is 0. The Morgan fingerprint density at radius 3 is 2.24 bits per heavy atom. The summed E-state index contributed by atoms with van der Waals surface area (Å²) in [7, 11) is 0. The summed E-state index contributed by atoms with van der Waals surface area (Å²) in [6.07, 6.45) is 4.70. The van der Waals surface area contributed by atoms with Crippen molar-refractivity contribution in [3.63, 3.8) is 0 Å². The van der Waals surface area contributed by atoms with Gasteiger partial charge >= 0.3 is 5.97 Å². The minimum atomic E-state index is -0.946.